The third-order valence-electron chi connectivity index (χ3n) is 2.84. The highest BCUT2D eigenvalue weighted by Crippen LogP contribution is 2.48. The first-order chi connectivity index (χ1) is 7.75. The Hall–Kier alpha value is -1.62. The largest absolute Gasteiger partial charge is 0.481 e. The maximum Gasteiger partial charge on any atom is 0.307 e. The van der Waals surface area contributed by atoms with Crippen LogP contribution < -0.4 is 0 Å². The third-order valence-corrected chi connectivity index (χ3v) is 3.82. The number of aliphatic carboxylic acids is 1. The fraction of sp³-hybridized carbons (Fsp3) is 0.273. The van der Waals surface area contributed by atoms with Crippen LogP contribution in [0.5, 0.6) is 0 Å². The zero-order chi connectivity index (χ0) is 11.1. The van der Waals surface area contributed by atoms with Crippen LogP contribution in [0.2, 0.25) is 0 Å². The van der Waals surface area contributed by atoms with Crippen molar-refractivity contribution >= 4 is 17.3 Å². The zero-order valence-electron chi connectivity index (χ0n) is 8.38. The van der Waals surface area contributed by atoms with Crippen molar-refractivity contribution in [2.45, 2.75) is 12.3 Å². The predicted molar refractivity (Wildman–Crippen MR) is 60.4 cm³/mol. The summed E-state index contributed by atoms with van der Waals surface area (Å²) in [7, 11) is 0. The minimum Gasteiger partial charge on any atom is -0.481 e. The van der Waals surface area contributed by atoms with Gasteiger partial charge in [0.05, 0.1) is 16.6 Å². The van der Waals surface area contributed by atoms with E-state index in [0.717, 1.165) is 22.7 Å². The Morgan fingerprint density at radius 1 is 1.62 bits per heavy atom. The molecule has 1 fully saturated rings. The van der Waals surface area contributed by atoms with Gasteiger partial charge in [-0.15, -0.1) is 11.3 Å². The van der Waals surface area contributed by atoms with E-state index >= 15 is 0 Å². The smallest absolute Gasteiger partial charge is 0.307 e. The molecule has 2 aromatic heterocycles. The molecule has 2 N–H and O–H groups in total. The van der Waals surface area contributed by atoms with Crippen molar-refractivity contribution in [2.75, 3.05) is 0 Å². The number of nitrogens with one attached hydrogen (secondary N) is 1. The summed E-state index contributed by atoms with van der Waals surface area (Å²) in [4.78, 5) is 18.2. The number of carboxylic acid groups (broad SMARTS) is 1. The molecule has 1 aliphatic carbocycles. The number of H-pyrrole nitrogens is 1. The number of hydrogen-bond acceptors (Lipinski definition) is 3. The molecule has 82 valence electrons. The van der Waals surface area contributed by atoms with Crippen molar-refractivity contribution in [1.29, 1.82) is 0 Å². The Morgan fingerprint density at radius 3 is 3.12 bits per heavy atom. The Bertz CT molecular complexity index is 518. The summed E-state index contributed by atoms with van der Waals surface area (Å²) in [5.74, 6) is -0.788. The Kier molecular flexibility index (Phi) is 2.07. The molecule has 0 spiro atoms. The maximum atomic E-state index is 10.8. The molecule has 4 nitrogen and oxygen atoms in total. The first-order valence-electron chi connectivity index (χ1n) is 5.07. The van der Waals surface area contributed by atoms with Crippen LogP contribution in [0, 0.1) is 5.92 Å². The van der Waals surface area contributed by atoms with Crippen molar-refractivity contribution in [1.82, 2.24) is 9.97 Å². The van der Waals surface area contributed by atoms with Crippen LogP contribution >= 0.6 is 11.3 Å². The second-order valence-electron chi connectivity index (χ2n) is 3.96. The molecule has 2 heterocycles. The molecule has 2 aromatic rings. The lowest BCUT2D eigenvalue weighted by Crippen LogP contribution is -1.98. The van der Waals surface area contributed by atoms with E-state index in [-0.39, 0.29) is 11.8 Å². The van der Waals surface area contributed by atoms with E-state index in [1.165, 1.54) is 0 Å². The molecule has 5 heteroatoms. The summed E-state index contributed by atoms with van der Waals surface area (Å²) in [6.07, 6.45) is 4.47. The molecule has 0 radical (unpaired) electrons. The van der Waals surface area contributed by atoms with Crippen molar-refractivity contribution < 1.29 is 9.90 Å². The fourth-order valence-electron chi connectivity index (χ4n) is 1.81. The van der Waals surface area contributed by atoms with E-state index in [2.05, 4.69) is 9.97 Å². The Morgan fingerprint density at radius 2 is 2.50 bits per heavy atom. The number of nitrogens with zero attached hydrogens (tertiary/aromatic N) is 1. The molecule has 0 aromatic carbocycles. The Balaban J connectivity index is 1.82. The van der Waals surface area contributed by atoms with Crippen LogP contribution in [-0.4, -0.2) is 21.0 Å². The minimum absolute atomic E-state index is 0.134. The normalized spacial score (nSPS) is 23.2. The molecule has 2 atom stereocenters. The average Bonchev–Trinajstić information content (AvgIpc) is 2.72. The number of aromatic amines is 1. The van der Waals surface area contributed by atoms with Gasteiger partial charge in [-0.3, -0.25) is 4.79 Å². The van der Waals surface area contributed by atoms with Gasteiger partial charge < -0.3 is 10.1 Å². The third kappa shape index (κ3) is 1.53. The molecule has 0 aliphatic heterocycles. The fourth-order valence-corrected chi connectivity index (χ4v) is 2.82. The Labute approximate surface area is 96.0 Å². The van der Waals surface area contributed by atoms with Gasteiger partial charge in [-0.1, -0.05) is 0 Å². The lowest BCUT2D eigenvalue weighted by molar-refractivity contribution is -0.138. The monoisotopic (exact) mass is 234 g/mol. The second-order valence-corrected chi connectivity index (χ2v) is 4.85. The molecule has 0 bridgehead atoms. The highest BCUT2D eigenvalue weighted by molar-refractivity contribution is 7.10. The van der Waals surface area contributed by atoms with Crippen molar-refractivity contribution in [3.8, 4) is 11.3 Å². The van der Waals surface area contributed by atoms with E-state index < -0.39 is 5.97 Å². The van der Waals surface area contributed by atoms with Gasteiger partial charge in [0.25, 0.3) is 0 Å². The van der Waals surface area contributed by atoms with E-state index in [9.17, 15) is 4.79 Å². The molecule has 0 amide bonds. The second kappa shape index (κ2) is 3.45. The van der Waals surface area contributed by atoms with Gasteiger partial charge in [-0.2, -0.15) is 0 Å². The summed E-state index contributed by atoms with van der Waals surface area (Å²) < 4.78 is 0. The minimum atomic E-state index is -0.705. The lowest BCUT2D eigenvalue weighted by atomic mass is 10.3. The van der Waals surface area contributed by atoms with Crippen LogP contribution in [-0.2, 0) is 4.79 Å². The van der Waals surface area contributed by atoms with Gasteiger partial charge in [0, 0.05) is 29.3 Å². The van der Waals surface area contributed by atoms with E-state index in [4.69, 9.17) is 5.11 Å². The first kappa shape index (κ1) is 9.59. The van der Waals surface area contributed by atoms with Crippen LogP contribution in [0.15, 0.2) is 23.8 Å². The molecular formula is C11H10N2O2S. The highest BCUT2D eigenvalue weighted by atomic mass is 32.1. The molecular weight excluding hydrogens is 224 g/mol. The molecule has 2 unspecified atom stereocenters. The van der Waals surface area contributed by atoms with Gasteiger partial charge in [-0.25, -0.2) is 4.98 Å². The maximum absolute atomic E-state index is 10.8. The average molecular weight is 234 g/mol. The molecule has 16 heavy (non-hydrogen) atoms. The number of thiazole rings is 1. The van der Waals surface area contributed by atoms with E-state index in [1.54, 1.807) is 11.3 Å². The first-order valence-corrected chi connectivity index (χ1v) is 5.95. The van der Waals surface area contributed by atoms with Crippen molar-refractivity contribution in [3.63, 3.8) is 0 Å². The van der Waals surface area contributed by atoms with E-state index in [0.29, 0.717) is 0 Å². The van der Waals surface area contributed by atoms with Crippen LogP contribution in [0.4, 0.5) is 0 Å². The van der Waals surface area contributed by atoms with Crippen molar-refractivity contribution in [3.05, 3.63) is 28.8 Å². The van der Waals surface area contributed by atoms with Gasteiger partial charge >= 0.3 is 5.97 Å². The van der Waals surface area contributed by atoms with Gasteiger partial charge in [-0.05, 0) is 12.5 Å². The van der Waals surface area contributed by atoms with Crippen LogP contribution in [0.3, 0.4) is 0 Å². The van der Waals surface area contributed by atoms with Crippen LogP contribution in [0.1, 0.15) is 17.3 Å². The summed E-state index contributed by atoms with van der Waals surface area (Å²) in [5, 5.41) is 11.8. The number of hydrogen-bond donors (Lipinski definition) is 2. The number of rotatable bonds is 3. The topological polar surface area (TPSA) is 66.0 Å². The molecule has 1 saturated carbocycles. The summed E-state index contributed by atoms with van der Waals surface area (Å²) in [6.45, 7) is 0. The number of carbonyl (C=O) groups is 1. The SMILES string of the molecule is O=C(O)C1CC1c1nc(-c2cc[nH]c2)cs1. The number of carboxylic acids is 1. The van der Waals surface area contributed by atoms with Gasteiger partial charge in [0.15, 0.2) is 0 Å². The zero-order valence-corrected chi connectivity index (χ0v) is 9.20. The van der Waals surface area contributed by atoms with Gasteiger partial charge in [0.1, 0.15) is 0 Å². The van der Waals surface area contributed by atoms with Gasteiger partial charge in [0.2, 0.25) is 0 Å². The quantitative estimate of drug-likeness (QED) is 0.856. The lowest BCUT2D eigenvalue weighted by Gasteiger charge is -1.90. The summed E-state index contributed by atoms with van der Waals surface area (Å²) in [6, 6.07) is 1.96. The predicted octanol–water partition coefficient (Wildman–Crippen LogP) is 2.33. The summed E-state index contributed by atoms with van der Waals surface area (Å²) >= 11 is 1.55. The molecule has 3 rings (SSSR count). The standard InChI is InChI=1S/C11H10N2O2S/c14-11(15)8-3-7(8)10-13-9(5-16-10)6-1-2-12-4-6/h1-2,4-5,7-8,12H,3H2,(H,14,15). The van der Waals surface area contributed by atoms with Crippen LogP contribution in [0.25, 0.3) is 11.3 Å². The van der Waals surface area contributed by atoms with E-state index in [1.807, 2.05) is 23.8 Å². The number of aromatic nitrogens is 2. The summed E-state index contributed by atoms with van der Waals surface area (Å²) in [5.41, 5.74) is 1.98. The molecule has 1 aliphatic rings. The highest BCUT2D eigenvalue weighted by Gasteiger charge is 2.46. The van der Waals surface area contributed by atoms with Crippen molar-refractivity contribution in [2.24, 2.45) is 5.92 Å². The molecule has 0 saturated heterocycles.